The van der Waals surface area contributed by atoms with Crippen LogP contribution in [0, 0.1) is 6.92 Å². The Balaban J connectivity index is 2.57. The van der Waals surface area contributed by atoms with Gasteiger partial charge in [0.15, 0.2) is 0 Å². The van der Waals surface area contributed by atoms with E-state index in [1.807, 2.05) is 6.92 Å². The van der Waals surface area contributed by atoms with Gasteiger partial charge in [0.2, 0.25) is 5.90 Å². The van der Waals surface area contributed by atoms with Crippen molar-refractivity contribution < 1.29 is 17.9 Å². The lowest BCUT2D eigenvalue weighted by atomic mass is 10.1. The van der Waals surface area contributed by atoms with E-state index in [0.29, 0.717) is 28.8 Å². The minimum atomic E-state index is -3.90. The molecular formula is C18H21ClN2O4S. The van der Waals surface area contributed by atoms with Crippen molar-refractivity contribution in [1.82, 2.24) is 0 Å². The number of halogens is 1. The Morgan fingerprint density at radius 2 is 2.00 bits per heavy atom. The fourth-order valence-electron chi connectivity index (χ4n) is 2.44. The monoisotopic (exact) mass is 396 g/mol. The second-order valence-corrected chi connectivity index (χ2v) is 7.53. The summed E-state index contributed by atoms with van der Waals surface area (Å²) in [6.07, 6.45) is 0. The lowest BCUT2D eigenvalue weighted by Gasteiger charge is -2.17. The third kappa shape index (κ3) is 4.47. The normalized spacial score (nSPS) is 12.0. The van der Waals surface area contributed by atoms with Gasteiger partial charge in [-0.1, -0.05) is 17.7 Å². The molecule has 6 nitrogen and oxygen atoms in total. The van der Waals surface area contributed by atoms with E-state index in [0.717, 1.165) is 5.56 Å². The molecule has 8 heteroatoms. The molecule has 0 fully saturated rings. The second kappa shape index (κ2) is 8.42. The zero-order valence-electron chi connectivity index (χ0n) is 15.0. The topological polar surface area (TPSA) is 77.0 Å². The molecule has 2 aromatic carbocycles. The van der Waals surface area contributed by atoms with E-state index in [4.69, 9.17) is 21.1 Å². The molecule has 0 aliphatic carbocycles. The van der Waals surface area contributed by atoms with E-state index in [9.17, 15) is 8.42 Å². The highest BCUT2D eigenvalue weighted by Crippen LogP contribution is 2.32. The molecule has 0 unspecified atom stereocenters. The van der Waals surface area contributed by atoms with Gasteiger partial charge >= 0.3 is 0 Å². The fourth-order valence-corrected chi connectivity index (χ4v) is 4.01. The summed E-state index contributed by atoms with van der Waals surface area (Å²) in [4.78, 5) is 4.16. The summed E-state index contributed by atoms with van der Waals surface area (Å²) < 4.78 is 39.2. The number of sulfonamides is 1. The zero-order valence-corrected chi connectivity index (χ0v) is 16.6. The van der Waals surface area contributed by atoms with Crippen LogP contribution in [0.4, 0.5) is 5.69 Å². The van der Waals surface area contributed by atoms with Crippen LogP contribution < -0.4 is 9.46 Å². The van der Waals surface area contributed by atoms with Crippen LogP contribution in [0.2, 0.25) is 5.02 Å². The molecule has 0 bridgehead atoms. The van der Waals surface area contributed by atoms with E-state index in [-0.39, 0.29) is 10.6 Å². The smallest absolute Gasteiger partial charge is 0.262 e. The van der Waals surface area contributed by atoms with E-state index < -0.39 is 10.0 Å². The van der Waals surface area contributed by atoms with E-state index in [1.165, 1.54) is 13.2 Å². The number of anilines is 1. The molecule has 1 N–H and O–H groups in total. The number of hydrogen-bond acceptors (Lipinski definition) is 5. The molecule has 2 rings (SSSR count). The number of methoxy groups -OCH3 is 1. The third-order valence-corrected chi connectivity index (χ3v) is 5.07. The van der Waals surface area contributed by atoms with Crippen molar-refractivity contribution in [3.05, 3.63) is 52.5 Å². The maximum atomic E-state index is 12.9. The second-order valence-electron chi connectivity index (χ2n) is 5.41. The Morgan fingerprint density at radius 1 is 1.27 bits per heavy atom. The molecule has 0 radical (unpaired) electrons. The molecule has 0 amide bonds. The van der Waals surface area contributed by atoms with E-state index >= 15 is 0 Å². The summed E-state index contributed by atoms with van der Waals surface area (Å²) >= 11 is 6.01. The van der Waals surface area contributed by atoms with Crippen LogP contribution in [-0.2, 0) is 14.8 Å². The summed E-state index contributed by atoms with van der Waals surface area (Å²) in [6, 6.07) is 9.72. The Morgan fingerprint density at radius 3 is 2.58 bits per heavy atom. The number of nitrogens with zero attached hydrogens (tertiary/aromatic N) is 1. The minimum Gasteiger partial charge on any atom is -0.495 e. The van der Waals surface area contributed by atoms with Crippen LogP contribution in [0.5, 0.6) is 5.75 Å². The zero-order chi connectivity index (χ0) is 19.3. The molecule has 140 valence electrons. The summed E-state index contributed by atoms with van der Waals surface area (Å²) in [6.45, 7) is 3.99. The SMILES string of the molecule is CCOC(=NC)c1cccc(OC)c1NS(=O)(=O)c1cc(C)cc(Cl)c1. The molecule has 2 aromatic rings. The van der Waals surface area contributed by atoms with Gasteiger partial charge in [0.05, 0.1) is 24.2 Å². The van der Waals surface area contributed by atoms with Crippen LogP contribution in [0.15, 0.2) is 46.3 Å². The summed E-state index contributed by atoms with van der Waals surface area (Å²) in [7, 11) is -0.860. The average molecular weight is 397 g/mol. The highest BCUT2D eigenvalue weighted by Gasteiger charge is 2.22. The predicted molar refractivity (Wildman–Crippen MR) is 104 cm³/mol. The maximum absolute atomic E-state index is 12.9. The molecule has 0 aliphatic heterocycles. The van der Waals surface area contributed by atoms with Gasteiger partial charge in [-0.2, -0.15) is 0 Å². The van der Waals surface area contributed by atoms with Crippen molar-refractivity contribution >= 4 is 33.2 Å². The van der Waals surface area contributed by atoms with Gasteiger partial charge in [-0.3, -0.25) is 9.71 Å². The number of aliphatic imine (C=N–C) groups is 1. The number of benzene rings is 2. The first-order chi connectivity index (χ1) is 12.3. The van der Waals surface area contributed by atoms with E-state index in [2.05, 4.69) is 9.71 Å². The first-order valence-electron chi connectivity index (χ1n) is 7.89. The lowest BCUT2D eigenvalue weighted by molar-refractivity contribution is 0.328. The van der Waals surface area contributed by atoms with Crippen molar-refractivity contribution in [1.29, 1.82) is 0 Å². The van der Waals surface area contributed by atoms with Crippen molar-refractivity contribution in [2.45, 2.75) is 18.7 Å². The number of nitrogens with one attached hydrogen (secondary N) is 1. The third-order valence-electron chi connectivity index (χ3n) is 3.52. The largest absolute Gasteiger partial charge is 0.495 e. The fraction of sp³-hybridized carbons (Fsp3) is 0.278. The lowest BCUT2D eigenvalue weighted by Crippen LogP contribution is -2.18. The van der Waals surface area contributed by atoms with Gasteiger partial charge in [-0.25, -0.2) is 8.42 Å². The van der Waals surface area contributed by atoms with Crippen molar-refractivity contribution in [3.63, 3.8) is 0 Å². The Hall–Kier alpha value is -2.25. The minimum absolute atomic E-state index is 0.0609. The van der Waals surface area contributed by atoms with Crippen LogP contribution in [0.3, 0.4) is 0 Å². The Bertz CT molecular complexity index is 907. The highest BCUT2D eigenvalue weighted by atomic mass is 35.5. The van der Waals surface area contributed by atoms with Gasteiger partial charge in [-0.15, -0.1) is 0 Å². The Labute approximate surface area is 158 Å². The van der Waals surface area contributed by atoms with Gasteiger partial charge in [0.1, 0.15) is 11.4 Å². The number of aryl methyl sites for hydroxylation is 1. The highest BCUT2D eigenvalue weighted by molar-refractivity contribution is 7.92. The predicted octanol–water partition coefficient (Wildman–Crippen LogP) is 3.87. The standard InChI is InChI=1S/C18H21ClN2O4S/c1-5-25-18(20-3)15-7-6-8-16(24-4)17(15)21-26(22,23)14-10-12(2)9-13(19)11-14/h6-11,21H,5H2,1-4H3. The van der Waals surface area contributed by atoms with Gasteiger partial charge in [0, 0.05) is 12.1 Å². The number of ether oxygens (including phenoxy) is 2. The summed E-state index contributed by atoms with van der Waals surface area (Å²) in [5.74, 6) is 0.664. The molecule has 0 saturated carbocycles. The summed E-state index contributed by atoms with van der Waals surface area (Å²) in [5, 5.41) is 0.343. The molecule has 0 saturated heterocycles. The maximum Gasteiger partial charge on any atom is 0.262 e. The first-order valence-corrected chi connectivity index (χ1v) is 9.75. The molecular weight excluding hydrogens is 376 g/mol. The van der Waals surface area contributed by atoms with Crippen LogP contribution in [0.25, 0.3) is 0 Å². The molecule has 0 spiro atoms. The number of para-hydroxylation sites is 1. The first kappa shape index (κ1) is 20.1. The van der Waals surface area contributed by atoms with Crippen LogP contribution in [-0.4, -0.2) is 35.1 Å². The molecule has 0 atom stereocenters. The average Bonchev–Trinajstić information content (AvgIpc) is 2.59. The number of rotatable bonds is 6. The van der Waals surface area contributed by atoms with E-state index in [1.54, 1.807) is 44.3 Å². The molecule has 0 heterocycles. The Kier molecular flexibility index (Phi) is 6.50. The van der Waals surface area contributed by atoms with Crippen LogP contribution >= 0.6 is 11.6 Å². The van der Waals surface area contributed by atoms with Crippen LogP contribution in [0.1, 0.15) is 18.1 Å². The van der Waals surface area contributed by atoms with Gasteiger partial charge in [0.25, 0.3) is 10.0 Å². The van der Waals surface area contributed by atoms with Crippen molar-refractivity contribution in [3.8, 4) is 5.75 Å². The molecule has 26 heavy (non-hydrogen) atoms. The summed E-state index contributed by atoms with van der Waals surface area (Å²) in [5.41, 5.74) is 1.47. The molecule has 0 aliphatic rings. The molecule has 0 aromatic heterocycles. The van der Waals surface area contributed by atoms with Gasteiger partial charge in [-0.05, 0) is 49.7 Å². The quantitative estimate of drug-likeness (QED) is 0.594. The van der Waals surface area contributed by atoms with Crippen molar-refractivity contribution in [2.75, 3.05) is 25.5 Å². The van der Waals surface area contributed by atoms with Gasteiger partial charge < -0.3 is 9.47 Å². The number of hydrogen-bond donors (Lipinski definition) is 1. The van der Waals surface area contributed by atoms with Crippen molar-refractivity contribution in [2.24, 2.45) is 4.99 Å².